The predicted molar refractivity (Wildman–Crippen MR) is 53.0 cm³/mol. The van der Waals surface area contributed by atoms with Crippen LogP contribution < -0.4 is 5.32 Å². The van der Waals surface area contributed by atoms with Gasteiger partial charge in [0.15, 0.2) is 0 Å². The van der Waals surface area contributed by atoms with E-state index in [2.05, 4.69) is 12.2 Å². The first-order chi connectivity index (χ1) is 6.79. The van der Waals surface area contributed by atoms with Crippen molar-refractivity contribution in [1.29, 1.82) is 0 Å². The van der Waals surface area contributed by atoms with Gasteiger partial charge in [-0.05, 0) is 19.8 Å². The minimum Gasteiger partial charge on any atom is -0.368 e. The molecule has 2 fully saturated rings. The molecule has 2 aliphatic heterocycles. The van der Waals surface area contributed by atoms with Crippen molar-refractivity contribution in [2.45, 2.75) is 31.9 Å². The lowest BCUT2D eigenvalue weighted by atomic mass is 10.1. The van der Waals surface area contributed by atoms with Crippen LogP contribution in [0.4, 0.5) is 0 Å². The number of hydrogen-bond donors (Lipinski definition) is 1. The zero-order chi connectivity index (χ0) is 9.97. The highest BCUT2D eigenvalue weighted by molar-refractivity contribution is 5.81. The van der Waals surface area contributed by atoms with Gasteiger partial charge in [-0.3, -0.25) is 4.79 Å². The predicted octanol–water partition coefficient (Wildman–Crippen LogP) is -0.0143. The summed E-state index contributed by atoms with van der Waals surface area (Å²) in [7, 11) is 0. The molecule has 0 bridgehead atoms. The first kappa shape index (κ1) is 9.93. The Kier molecular flexibility index (Phi) is 3.03. The molecular weight excluding hydrogens is 180 g/mol. The Morgan fingerprint density at radius 3 is 3.07 bits per heavy atom. The van der Waals surface area contributed by atoms with Crippen molar-refractivity contribution >= 4 is 5.91 Å². The highest BCUT2D eigenvalue weighted by atomic mass is 16.5. The van der Waals surface area contributed by atoms with E-state index in [9.17, 15) is 4.79 Å². The van der Waals surface area contributed by atoms with Crippen LogP contribution in [-0.4, -0.2) is 49.2 Å². The molecule has 0 aliphatic carbocycles. The summed E-state index contributed by atoms with van der Waals surface area (Å²) >= 11 is 0. The largest absolute Gasteiger partial charge is 0.368 e. The summed E-state index contributed by atoms with van der Waals surface area (Å²) in [4.78, 5) is 13.9. The SMILES string of the molecule is C[C@@H]1CNCCN1C(=O)[C@@H]1CCCO1. The van der Waals surface area contributed by atoms with Crippen molar-refractivity contribution in [1.82, 2.24) is 10.2 Å². The first-order valence-corrected chi connectivity index (χ1v) is 5.42. The summed E-state index contributed by atoms with van der Waals surface area (Å²) in [5, 5.41) is 3.28. The van der Waals surface area contributed by atoms with Crippen molar-refractivity contribution < 1.29 is 9.53 Å². The van der Waals surface area contributed by atoms with Crippen LogP contribution in [0.2, 0.25) is 0 Å². The van der Waals surface area contributed by atoms with E-state index in [4.69, 9.17) is 4.74 Å². The summed E-state index contributed by atoms with van der Waals surface area (Å²) < 4.78 is 5.40. The van der Waals surface area contributed by atoms with Gasteiger partial charge in [-0.25, -0.2) is 0 Å². The normalized spacial score (nSPS) is 33.4. The quantitative estimate of drug-likeness (QED) is 0.644. The standard InChI is InChI=1S/C10H18N2O2/c1-8-7-11-4-5-12(8)10(13)9-3-2-6-14-9/h8-9,11H,2-7H2,1H3/t8-,9+/m1/s1. The van der Waals surface area contributed by atoms with Gasteiger partial charge in [0.1, 0.15) is 6.10 Å². The monoisotopic (exact) mass is 198 g/mol. The van der Waals surface area contributed by atoms with Crippen LogP contribution in [0.1, 0.15) is 19.8 Å². The van der Waals surface area contributed by atoms with Gasteiger partial charge in [0.2, 0.25) is 0 Å². The fourth-order valence-electron chi connectivity index (χ4n) is 2.13. The van der Waals surface area contributed by atoms with Crippen LogP contribution in [0, 0.1) is 0 Å². The minimum absolute atomic E-state index is 0.157. The van der Waals surface area contributed by atoms with Crippen LogP contribution in [0.5, 0.6) is 0 Å². The molecule has 0 aromatic carbocycles. The summed E-state index contributed by atoms with van der Waals surface area (Å²) in [6.45, 7) is 5.46. The van der Waals surface area contributed by atoms with Gasteiger partial charge in [-0.1, -0.05) is 0 Å². The van der Waals surface area contributed by atoms with Gasteiger partial charge in [0.25, 0.3) is 5.91 Å². The van der Waals surface area contributed by atoms with Crippen LogP contribution in [0.3, 0.4) is 0 Å². The summed E-state index contributed by atoms with van der Waals surface area (Å²) in [6, 6.07) is 0.306. The molecule has 1 amide bonds. The Morgan fingerprint density at radius 2 is 2.43 bits per heavy atom. The molecule has 4 heteroatoms. The van der Waals surface area contributed by atoms with E-state index in [-0.39, 0.29) is 12.0 Å². The Labute approximate surface area is 84.6 Å². The number of carbonyl (C=O) groups excluding carboxylic acids is 1. The smallest absolute Gasteiger partial charge is 0.252 e. The lowest BCUT2D eigenvalue weighted by Gasteiger charge is -2.35. The van der Waals surface area contributed by atoms with E-state index >= 15 is 0 Å². The van der Waals surface area contributed by atoms with Gasteiger partial charge in [-0.2, -0.15) is 0 Å². The molecule has 2 saturated heterocycles. The molecule has 0 spiro atoms. The van der Waals surface area contributed by atoms with Gasteiger partial charge < -0.3 is 15.0 Å². The maximum Gasteiger partial charge on any atom is 0.252 e. The van der Waals surface area contributed by atoms with E-state index in [0.29, 0.717) is 6.04 Å². The van der Waals surface area contributed by atoms with Crippen molar-refractivity contribution in [3.63, 3.8) is 0 Å². The van der Waals surface area contributed by atoms with Crippen molar-refractivity contribution in [3.05, 3.63) is 0 Å². The van der Waals surface area contributed by atoms with Crippen molar-refractivity contribution in [2.24, 2.45) is 0 Å². The number of nitrogens with one attached hydrogen (secondary N) is 1. The minimum atomic E-state index is -0.157. The van der Waals surface area contributed by atoms with Crippen molar-refractivity contribution in [2.75, 3.05) is 26.2 Å². The Balaban J connectivity index is 1.94. The molecule has 14 heavy (non-hydrogen) atoms. The van der Waals surface area contributed by atoms with E-state index < -0.39 is 0 Å². The van der Waals surface area contributed by atoms with Gasteiger partial charge in [0, 0.05) is 32.3 Å². The third-order valence-electron chi connectivity index (χ3n) is 2.99. The molecule has 0 radical (unpaired) electrons. The molecular formula is C10H18N2O2. The van der Waals surface area contributed by atoms with E-state index in [1.807, 2.05) is 4.90 Å². The maximum absolute atomic E-state index is 12.0. The Hall–Kier alpha value is -0.610. The molecule has 0 aromatic rings. The van der Waals surface area contributed by atoms with Crippen LogP contribution >= 0.6 is 0 Å². The Bertz CT molecular complexity index is 214. The Morgan fingerprint density at radius 1 is 1.57 bits per heavy atom. The van der Waals surface area contributed by atoms with Gasteiger partial charge in [0.05, 0.1) is 0 Å². The number of hydrogen-bond acceptors (Lipinski definition) is 3. The molecule has 2 heterocycles. The average molecular weight is 198 g/mol. The molecule has 2 atom stereocenters. The highest BCUT2D eigenvalue weighted by Gasteiger charge is 2.31. The number of ether oxygens (including phenoxy) is 1. The molecule has 0 aromatic heterocycles. The number of carbonyl (C=O) groups is 1. The van der Waals surface area contributed by atoms with Crippen molar-refractivity contribution in [3.8, 4) is 0 Å². The third kappa shape index (κ3) is 1.91. The molecule has 2 rings (SSSR count). The maximum atomic E-state index is 12.0. The zero-order valence-corrected chi connectivity index (χ0v) is 8.66. The van der Waals surface area contributed by atoms with Gasteiger partial charge in [-0.15, -0.1) is 0 Å². The molecule has 0 saturated carbocycles. The summed E-state index contributed by atoms with van der Waals surface area (Å²) in [5.41, 5.74) is 0. The van der Waals surface area contributed by atoms with Crippen LogP contribution in [0.25, 0.3) is 0 Å². The number of piperazine rings is 1. The highest BCUT2D eigenvalue weighted by Crippen LogP contribution is 2.16. The van der Waals surface area contributed by atoms with E-state index in [1.165, 1.54) is 0 Å². The van der Waals surface area contributed by atoms with Crippen LogP contribution in [0.15, 0.2) is 0 Å². The van der Waals surface area contributed by atoms with E-state index in [0.717, 1.165) is 39.1 Å². The molecule has 2 aliphatic rings. The molecule has 4 nitrogen and oxygen atoms in total. The number of rotatable bonds is 1. The number of amides is 1. The molecule has 1 N–H and O–H groups in total. The van der Waals surface area contributed by atoms with Gasteiger partial charge >= 0.3 is 0 Å². The average Bonchev–Trinajstić information content (AvgIpc) is 2.70. The third-order valence-corrected chi connectivity index (χ3v) is 2.99. The second-order valence-corrected chi connectivity index (χ2v) is 4.09. The topological polar surface area (TPSA) is 41.6 Å². The summed E-state index contributed by atoms with van der Waals surface area (Å²) in [6.07, 6.45) is 1.77. The fourth-order valence-corrected chi connectivity index (χ4v) is 2.13. The molecule has 80 valence electrons. The molecule has 0 unspecified atom stereocenters. The first-order valence-electron chi connectivity index (χ1n) is 5.42. The fraction of sp³-hybridized carbons (Fsp3) is 0.900. The number of nitrogens with zero attached hydrogens (tertiary/aromatic N) is 1. The summed E-state index contributed by atoms with van der Waals surface area (Å²) in [5.74, 6) is 0.191. The van der Waals surface area contributed by atoms with Crippen LogP contribution in [-0.2, 0) is 9.53 Å². The zero-order valence-electron chi connectivity index (χ0n) is 8.66. The lowest BCUT2D eigenvalue weighted by Crippen LogP contribution is -2.54. The second kappa shape index (κ2) is 4.28. The second-order valence-electron chi connectivity index (χ2n) is 4.09. The lowest BCUT2D eigenvalue weighted by molar-refractivity contribution is -0.143. The van der Waals surface area contributed by atoms with E-state index in [1.54, 1.807) is 0 Å².